The molecule has 112 valence electrons. The monoisotopic (exact) mass is 302 g/mol. The fourth-order valence-corrected chi connectivity index (χ4v) is 2.72. The molecule has 0 spiro atoms. The van der Waals surface area contributed by atoms with Crippen LogP contribution >= 0.6 is 11.6 Å². The SMILES string of the molecule is CCCNC(Cc1cccc(C)c1)Cc1ccncc1Cl. The molecule has 1 aromatic heterocycles. The summed E-state index contributed by atoms with van der Waals surface area (Å²) in [5.74, 6) is 0. The second-order valence-electron chi connectivity index (χ2n) is 5.52. The van der Waals surface area contributed by atoms with E-state index in [0.717, 1.165) is 36.4 Å². The molecule has 1 N–H and O–H groups in total. The van der Waals surface area contributed by atoms with Gasteiger partial charge in [-0.2, -0.15) is 0 Å². The van der Waals surface area contributed by atoms with E-state index in [1.54, 1.807) is 6.20 Å². The number of benzene rings is 1. The molecule has 2 aromatic rings. The van der Waals surface area contributed by atoms with Gasteiger partial charge in [-0.25, -0.2) is 0 Å². The van der Waals surface area contributed by atoms with Gasteiger partial charge in [-0.15, -0.1) is 0 Å². The zero-order chi connectivity index (χ0) is 15.1. The predicted molar refractivity (Wildman–Crippen MR) is 89.9 cm³/mol. The van der Waals surface area contributed by atoms with Crippen molar-refractivity contribution in [3.8, 4) is 0 Å². The van der Waals surface area contributed by atoms with Crippen LogP contribution in [0.25, 0.3) is 0 Å². The van der Waals surface area contributed by atoms with Gasteiger partial charge in [0.15, 0.2) is 0 Å². The molecule has 0 saturated carbocycles. The van der Waals surface area contributed by atoms with Gasteiger partial charge in [0.1, 0.15) is 0 Å². The van der Waals surface area contributed by atoms with Crippen molar-refractivity contribution >= 4 is 11.6 Å². The van der Waals surface area contributed by atoms with E-state index in [9.17, 15) is 0 Å². The molecule has 2 nitrogen and oxygen atoms in total. The van der Waals surface area contributed by atoms with E-state index < -0.39 is 0 Å². The van der Waals surface area contributed by atoms with E-state index in [2.05, 4.69) is 48.4 Å². The normalized spacial score (nSPS) is 12.3. The van der Waals surface area contributed by atoms with Crippen molar-refractivity contribution in [1.82, 2.24) is 10.3 Å². The lowest BCUT2D eigenvalue weighted by Gasteiger charge is -2.19. The fourth-order valence-electron chi connectivity index (χ4n) is 2.52. The molecule has 21 heavy (non-hydrogen) atoms. The highest BCUT2D eigenvalue weighted by Crippen LogP contribution is 2.17. The van der Waals surface area contributed by atoms with Gasteiger partial charge in [0.2, 0.25) is 0 Å². The summed E-state index contributed by atoms with van der Waals surface area (Å²) >= 11 is 6.24. The number of halogens is 1. The first kappa shape index (κ1) is 16.0. The highest BCUT2D eigenvalue weighted by molar-refractivity contribution is 6.31. The number of hydrogen-bond acceptors (Lipinski definition) is 2. The Kier molecular flexibility index (Phi) is 6.21. The molecule has 0 aliphatic heterocycles. The lowest BCUT2D eigenvalue weighted by molar-refractivity contribution is 0.504. The lowest BCUT2D eigenvalue weighted by atomic mass is 9.98. The van der Waals surface area contributed by atoms with Gasteiger partial charge in [-0.3, -0.25) is 4.98 Å². The average molecular weight is 303 g/mol. The number of aromatic nitrogens is 1. The zero-order valence-electron chi connectivity index (χ0n) is 12.8. The molecule has 0 aliphatic carbocycles. The third kappa shape index (κ3) is 5.14. The highest BCUT2D eigenvalue weighted by atomic mass is 35.5. The van der Waals surface area contributed by atoms with Crippen LogP contribution in [-0.2, 0) is 12.8 Å². The number of nitrogens with one attached hydrogen (secondary N) is 1. The first-order valence-electron chi connectivity index (χ1n) is 7.56. The molecule has 1 atom stereocenters. The first-order valence-corrected chi connectivity index (χ1v) is 7.94. The molecule has 1 aromatic carbocycles. The molecule has 1 heterocycles. The van der Waals surface area contributed by atoms with Crippen molar-refractivity contribution in [2.75, 3.05) is 6.54 Å². The molecule has 0 bridgehead atoms. The summed E-state index contributed by atoms with van der Waals surface area (Å²) in [6.45, 7) is 5.35. The fraction of sp³-hybridized carbons (Fsp3) is 0.389. The summed E-state index contributed by atoms with van der Waals surface area (Å²) in [6.07, 6.45) is 6.61. The molecule has 0 fully saturated rings. The highest BCUT2D eigenvalue weighted by Gasteiger charge is 2.12. The van der Waals surface area contributed by atoms with Crippen molar-refractivity contribution in [2.24, 2.45) is 0 Å². The molecule has 0 saturated heterocycles. The van der Waals surface area contributed by atoms with Gasteiger partial charge in [0, 0.05) is 18.4 Å². The first-order chi connectivity index (χ1) is 10.2. The zero-order valence-corrected chi connectivity index (χ0v) is 13.5. The molecular formula is C18H23ClN2. The minimum absolute atomic E-state index is 0.395. The van der Waals surface area contributed by atoms with Gasteiger partial charge in [-0.1, -0.05) is 48.4 Å². The van der Waals surface area contributed by atoms with Crippen LogP contribution in [0.4, 0.5) is 0 Å². The van der Waals surface area contributed by atoms with E-state index >= 15 is 0 Å². The molecular weight excluding hydrogens is 280 g/mol. The van der Waals surface area contributed by atoms with Gasteiger partial charge >= 0.3 is 0 Å². The van der Waals surface area contributed by atoms with E-state index in [0.29, 0.717) is 6.04 Å². The van der Waals surface area contributed by atoms with E-state index in [-0.39, 0.29) is 0 Å². The summed E-state index contributed by atoms with van der Waals surface area (Å²) in [6, 6.07) is 11.1. The summed E-state index contributed by atoms with van der Waals surface area (Å²) in [4.78, 5) is 4.06. The van der Waals surface area contributed by atoms with Crippen molar-refractivity contribution in [1.29, 1.82) is 0 Å². The molecule has 0 radical (unpaired) electrons. The van der Waals surface area contributed by atoms with Crippen molar-refractivity contribution in [2.45, 2.75) is 39.2 Å². The lowest BCUT2D eigenvalue weighted by Crippen LogP contribution is -2.34. The van der Waals surface area contributed by atoms with Crippen LogP contribution in [0.5, 0.6) is 0 Å². The maximum Gasteiger partial charge on any atom is 0.0621 e. The Bertz CT molecular complexity index is 569. The third-order valence-corrected chi connectivity index (χ3v) is 3.91. The van der Waals surface area contributed by atoms with Gasteiger partial charge in [-0.05, 0) is 49.9 Å². The number of nitrogens with zero attached hydrogens (tertiary/aromatic N) is 1. The smallest absolute Gasteiger partial charge is 0.0621 e. The number of hydrogen-bond donors (Lipinski definition) is 1. The van der Waals surface area contributed by atoms with Gasteiger partial charge in [0.05, 0.1) is 5.02 Å². The Morgan fingerprint density at radius 3 is 2.81 bits per heavy atom. The Balaban J connectivity index is 2.09. The minimum Gasteiger partial charge on any atom is -0.313 e. The van der Waals surface area contributed by atoms with Crippen LogP contribution in [0, 0.1) is 6.92 Å². The summed E-state index contributed by atoms with van der Waals surface area (Å²) in [5.41, 5.74) is 3.84. The van der Waals surface area contributed by atoms with Crippen LogP contribution < -0.4 is 5.32 Å². The van der Waals surface area contributed by atoms with E-state index in [4.69, 9.17) is 11.6 Å². The molecule has 2 rings (SSSR count). The Morgan fingerprint density at radius 2 is 2.10 bits per heavy atom. The summed E-state index contributed by atoms with van der Waals surface area (Å²) in [5, 5.41) is 4.39. The predicted octanol–water partition coefficient (Wildman–Crippen LogP) is 4.20. The number of aryl methyl sites for hydroxylation is 1. The van der Waals surface area contributed by atoms with E-state index in [1.165, 1.54) is 11.1 Å². The average Bonchev–Trinajstić information content (AvgIpc) is 2.47. The second kappa shape index (κ2) is 8.16. The summed E-state index contributed by atoms with van der Waals surface area (Å²) in [7, 11) is 0. The van der Waals surface area contributed by atoms with Crippen LogP contribution in [-0.4, -0.2) is 17.6 Å². The Labute approximate surface area is 132 Å². The molecule has 3 heteroatoms. The standard InChI is InChI=1S/C18H23ClN2/c1-3-8-21-17(11-15-6-4-5-14(2)10-15)12-16-7-9-20-13-18(16)19/h4-7,9-10,13,17,21H,3,8,11-12H2,1-2H3. The largest absolute Gasteiger partial charge is 0.313 e. The van der Waals surface area contributed by atoms with Crippen molar-refractivity contribution in [3.63, 3.8) is 0 Å². The third-order valence-electron chi connectivity index (χ3n) is 3.57. The topological polar surface area (TPSA) is 24.9 Å². The van der Waals surface area contributed by atoms with Crippen molar-refractivity contribution in [3.05, 3.63) is 64.4 Å². The van der Waals surface area contributed by atoms with Gasteiger partial charge in [0.25, 0.3) is 0 Å². The van der Waals surface area contributed by atoms with Crippen molar-refractivity contribution < 1.29 is 0 Å². The quantitative estimate of drug-likeness (QED) is 0.829. The second-order valence-corrected chi connectivity index (χ2v) is 5.92. The number of pyridine rings is 1. The molecule has 0 aliphatic rings. The maximum absolute atomic E-state index is 6.24. The summed E-state index contributed by atoms with van der Waals surface area (Å²) < 4.78 is 0. The van der Waals surface area contributed by atoms with Crippen LogP contribution in [0.15, 0.2) is 42.7 Å². The Hall–Kier alpha value is -1.38. The van der Waals surface area contributed by atoms with Crippen LogP contribution in [0.3, 0.4) is 0 Å². The molecule has 0 amide bonds. The van der Waals surface area contributed by atoms with Crippen LogP contribution in [0.2, 0.25) is 5.02 Å². The van der Waals surface area contributed by atoms with Crippen LogP contribution in [0.1, 0.15) is 30.0 Å². The van der Waals surface area contributed by atoms with E-state index in [1.807, 2.05) is 12.3 Å². The Morgan fingerprint density at radius 1 is 1.24 bits per heavy atom. The molecule has 1 unspecified atom stereocenters. The minimum atomic E-state index is 0.395. The van der Waals surface area contributed by atoms with Gasteiger partial charge < -0.3 is 5.32 Å². The maximum atomic E-state index is 6.24. The number of rotatable bonds is 7.